The van der Waals surface area contributed by atoms with Crippen LogP contribution in [0.4, 0.5) is 0 Å². The number of rotatable bonds is 3. The topological polar surface area (TPSA) is 12.0 Å². The average molecular weight is 231 g/mol. The van der Waals surface area contributed by atoms with Gasteiger partial charge in [-0.25, -0.2) is 0 Å². The maximum absolute atomic E-state index is 3.53. The quantitative estimate of drug-likeness (QED) is 0.839. The third kappa shape index (κ3) is 2.71. The fraction of sp³-hybridized carbons (Fsp3) is 0.625. The first-order chi connectivity index (χ1) is 8.14. The molecule has 17 heavy (non-hydrogen) atoms. The SMILES string of the molecule is CCc1ccc(C(C)(C)C2CCCNC2)cc1. The normalized spacial score (nSPS) is 21.5. The molecule has 0 bridgehead atoms. The van der Waals surface area contributed by atoms with Gasteiger partial charge < -0.3 is 5.32 Å². The molecule has 0 aliphatic carbocycles. The van der Waals surface area contributed by atoms with Gasteiger partial charge in [0.15, 0.2) is 0 Å². The van der Waals surface area contributed by atoms with Crippen molar-refractivity contribution in [3.8, 4) is 0 Å². The first-order valence-electron chi connectivity index (χ1n) is 6.94. The van der Waals surface area contributed by atoms with Crippen molar-refractivity contribution < 1.29 is 0 Å². The smallest absolute Gasteiger partial charge is 0.00122 e. The summed E-state index contributed by atoms with van der Waals surface area (Å²) in [5.41, 5.74) is 3.22. The van der Waals surface area contributed by atoms with Crippen LogP contribution >= 0.6 is 0 Å². The lowest BCUT2D eigenvalue weighted by Gasteiger charge is -2.38. The van der Waals surface area contributed by atoms with Gasteiger partial charge in [-0.3, -0.25) is 0 Å². The number of aryl methyl sites for hydroxylation is 1. The Morgan fingerprint density at radius 3 is 2.47 bits per heavy atom. The highest BCUT2D eigenvalue weighted by atomic mass is 14.9. The molecule has 0 radical (unpaired) electrons. The van der Waals surface area contributed by atoms with Crippen LogP contribution in [0.5, 0.6) is 0 Å². The average Bonchev–Trinajstić information content (AvgIpc) is 2.40. The zero-order valence-electron chi connectivity index (χ0n) is 11.4. The second kappa shape index (κ2) is 5.22. The summed E-state index contributed by atoms with van der Waals surface area (Å²) in [7, 11) is 0. The molecule has 1 aliphatic rings. The van der Waals surface area contributed by atoms with Crippen molar-refractivity contribution in [1.29, 1.82) is 0 Å². The molecule has 1 saturated heterocycles. The number of hydrogen-bond acceptors (Lipinski definition) is 1. The summed E-state index contributed by atoms with van der Waals surface area (Å²) < 4.78 is 0. The summed E-state index contributed by atoms with van der Waals surface area (Å²) in [6.45, 7) is 9.37. The minimum absolute atomic E-state index is 0.291. The van der Waals surface area contributed by atoms with Gasteiger partial charge in [-0.15, -0.1) is 0 Å². The fourth-order valence-electron chi connectivity index (χ4n) is 2.87. The van der Waals surface area contributed by atoms with E-state index in [1.807, 2.05) is 0 Å². The van der Waals surface area contributed by atoms with E-state index < -0.39 is 0 Å². The van der Waals surface area contributed by atoms with Crippen LogP contribution in [0.1, 0.15) is 44.7 Å². The summed E-state index contributed by atoms with van der Waals surface area (Å²) >= 11 is 0. The third-order valence-corrected chi connectivity index (χ3v) is 4.42. The van der Waals surface area contributed by atoms with Crippen molar-refractivity contribution in [2.24, 2.45) is 5.92 Å². The van der Waals surface area contributed by atoms with Crippen molar-refractivity contribution in [2.45, 2.75) is 45.4 Å². The predicted octanol–water partition coefficient (Wildman–Crippen LogP) is 3.53. The van der Waals surface area contributed by atoms with Crippen LogP contribution < -0.4 is 5.32 Å². The predicted molar refractivity (Wildman–Crippen MR) is 74.4 cm³/mol. The van der Waals surface area contributed by atoms with E-state index in [2.05, 4.69) is 50.4 Å². The Bertz CT molecular complexity index is 344. The maximum Gasteiger partial charge on any atom is -0.00122 e. The molecule has 1 aliphatic heterocycles. The summed E-state index contributed by atoms with van der Waals surface area (Å²) in [6, 6.07) is 9.22. The lowest BCUT2D eigenvalue weighted by Crippen LogP contribution is -2.40. The van der Waals surface area contributed by atoms with Crippen molar-refractivity contribution >= 4 is 0 Å². The van der Waals surface area contributed by atoms with E-state index in [1.165, 1.54) is 37.1 Å². The minimum Gasteiger partial charge on any atom is -0.316 e. The Hall–Kier alpha value is -0.820. The van der Waals surface area contributed by atoms with Crippen molar-refractivity contribution in [1.82, 2.24) is 5.32 Å². The highest BCUT2D eigenvalue weighted by Gasteiger charge is 2.31. The molecule has 1 unspecified atom stereocenters. The molecule has 0 amide bonds. The summed E-state index contributed by atoms with van der Waals surface area (Å²) in [6.07, 6.45) is 3.81. The largest absolute Gasteiger partial charge is 0.316 e. The molecule has 0 aromatic heterocycles. The number of hydrogen-bond donors (Lipinski definition) is 1. The number of nitrogens with one attached hydrogen (secondary N) is 1. The van der Waals surface area contributed by atoms with Crippen LogP contribution in [-0.2, 0) is 11.8 Å². The van der Waals surface area contributed by atoms with Gasteiger partial charge in [-0.2, -0.15) is 0 Å². The first kappa shape index (κ1) is 12.6. The van der Waals surface area contributed by atoms with Crippen molar-refractivity contribution in [3.05, 3.63) is 35.4 Å². The van der Waals surface area contributed by atoms with Crippen LogP contribution in [-0.4, -0.2) is 13.1 Å². The summed E-state index contributed by atoms with van der Waals surface area (Å²) in [5, 5.41) is 3.53. The van der Waals surface area contributed by atoms with Gasteiger partial charge in [0, 0.05) is 0 Å². The van der Waals surface area contributed by atoms with Crippen LogP contribution in [0.15, 0.2) is 24.3 Å². The molecule has 1 atom stereocenters. The lowest BCUT2D eigenvalue weighted by molar-refractivity contribution is 0.252. The van der Waals surface area contributed by atoms with Crippen LogP contribution in [0.3, 0.4) is 0 Å². The Labute approximate surface area is 106 Å². The van der Waals surface area contributed by atoms with E-state index >= 15 is 0 Å². The minimum atomic E-state index is 0.291. The molecule has 0 spiro atoms. The van der Waals surface area contributed by atoms with Gasteiger partial charge in [-0.05, 0) is 54.8 Å². The van der Waals surface area contributed by atoms with Crippen LogP contribution in [0, 0.1) is 5.92 Å². The molecule has 0 saturated carbocycles. The Balaban J connectivity index is 2.17. The molecular weight excluding hydrogens is 206 g/mol. The summed E-state index contributed by atoms with van der Waals surface area (Å²) in [5.74, 6) is 0.767. The molecule has 1 fully saturated rings. The molecule has 1 heterocycles. The molecule has 1 N–H and O–H groups in total. The second-order valence-electron chi connectivity index (χ2n) is 5.82. The fourth-order valence-corrected chi connectivity index (χ4v) is 2.87. The molecule has 1 heteroatoms. The van der Waals surface area contributed by atoms with Crippen LogP contribution in [0.2, 0.25) is 0 Å². The summed E-state index contributed by atoms with van der Waals surface area (Å²) in [4.78, 5) is 0. The van der Waals surface area contributed by atoms with Crippen LogP contribution in [0.25, 0.3) is 0 Å². The Morgan fingerprint density at radius 2 is 1.94 bits per heavy atom. The molecule has 1 aromatic rings. The van der Waals surface area contributed by atoms with E-state index in [0.717, 1.165) is 12.3 Å². The van der Waals surface area contributed by atoms with E-state index in [9.17, 15) is 0 Å². The van der Waals surface area contributed by atoms with E-state index in [0.29, 0.717) is 5.41 Å². The van der Waals surface area contributed by atoms with Gasteiger partial charge in [0.05, 0.1) is 0 Å². The van der Waals surface area contributed by atoms with Gasteiger partial charge in [0.2, 0.25) is 0 Å². The standard InChI is InChI=1S/C16H25N/c1-4-13-7-9-14(10-8-13)16(2,3)15-6-5-11-17-12-15/h7-10,15,17H,4-6,11-12H2,1-3H3. The molecular formula is C16H25N. The van der Waals surface area contributed by atoms with Crippen molar-refractivity contribution in [3.63, 3.8) is 0 Å². The third-order valence-electron chi connectivity index (χ3n) is 4.42. The lowest BCUT2D eigenvalue weighted by atomic mass is 9.70. The van der Waals surface area contributed by atoms with E-state index in [4.69, 9.17) is 0 Å². The first-order valence-corrected chi connectivity index (χ1v) is 6.94. The molecule has 1 nitrogen and oxygen atoms in total. The van der Waals surface area contributed by atoms with Gasteiger partial charge >= 0.3 is 0 Å². The highest BCUT2D eigenvalue weighted by molar-refractivity contribution is 5.29. The number of piperidine rings is 1. The molecule has 94 valence electrons. The maximum atomic E-state index is 3.53. The van der Waals surface area contributed by atoms with E-state index in [1.54, 1.807) is 0 Å². The Kier molecular flexibility index (Phi) is 3.88. The number of benzene rings is 1. The van der Waals surface area contributed by atoms with Gasteiger partial charge in [-0.1, -0.05) is 45.0 Å². The molecule has 2 rings (SSSR count). The monoisotopic (exact) mass is 231 g/mol. The highest BCUT2D eigenvalue weighted by Crippen LogP contribution is 2.35. The molecule has 1 aromatic carbocycles. The Morgan fingerprint density at radius 1 is 1.24 bits per heavy atom. The zero-order chi connectivity index (χ0) is 12.3. The zero-order valence-corrected chi connectivity index (χ0v) is 11.4. The second-order valence-corrected chi connectivity index (χ2v) is 5.82. The van der Waals surface area contributed by atoms with Gasteiger partial charge in [0.25, 0.3) is 0 Å². The van der Waals surface area contributed by atoms with Crippen molar-refractivity contribution in [2.75, 3.05) is 13.1 Å². The van der Waals surface area contributed by atoms with Gasteiger partial charge in [0.1, 0.15) is 0 Å². The van der Waals surface area contributed by atoms with E-state index in [-0.39, 0.29) is 0 Å².